The van der Waals surface area contributed by atoms with Crippen molar-refractivity contribution in [2.45, 2.75) is 31.6 Å². The van der Waals surface area contributed by atoms with E-state index in [0.717, 1.165) is 39.0 Å². The van der Waals surface area contributed by atoms with Crippen molar-refractivity contribution in [3.63, 3.8) is 0 Å². The van der Waals surface area contributed by atoms with Gasteiger partial charge in [0.05, 0.1) is 6.54 Å². The third kappa shape index (κ3) is 3.18. The molecule has 3 rings (SSSR count). The smallest absolute Gasteiger partial charge is 0.236 e. The van der Waals surface area contributed by atoms with E-state index in [4.69, 9.17) is 0 Å². The quantitative estimate of drug-likeness (QED) is 0.844. The fraction of sp³-hybridized carbons (Fsp3) is 0.625. The van der Waals surface area contributed by atoms with Crippen molar-refractivity contribution in [2.24, 2.45) is 0 Å². The SMILES string of the molecule is O=C(CN1CCCC1)N1CCC(c2ccncc2)CC1. The number of piperidine rings is 1. The van der Waals surface area contributed by atoms with E-state index < -0.39 is 0 Å². The average Bonchev–Trinajstić information content (AvgIpc) is 3.01. The first-order valence-electron chi connectivity index (χ1n) is 7.73. The summed E-state index contributed by atoms with van der Waals surface area (Å²) < 4.78 is 0. The molecule has 20 heavy (non-hydrogen) atoms. The first-order valence-corrected chi connectivity index (χ1v) is 7.73. The molecule has 0 aromatic carbocycles. The molecule has 0 bridgehead atoms. The molecule has 1 amide bonds. The van der Waals surface area contributed by atoms with Gasteiger partial charge in [-0.2, -0.15) is 0 Å². The Hall–Kier alpha value is -1.42. The summed E-state index contributed by atoms with van der Waals surface area (Å²) >= 11 is 0. The van der Waals surface area contributed by atoms with Crippen LogP contribution in [0.2, 0.25) is 0 Å². The summed E-state index contributed by atoms with van der Waals surface area (Å²) in [5.41, 5.74) is 1.37. The maximum Gasteiger partial charge on any atom is 0.236 e. The van der Waals surface area contributed by atoms with Gasteiger partial charge < -0.3 is 4.90 Å². The second kappa shape index (κ2) is 6.35. The molecule has 3 heterocycles. The van der Waals surface area contributed by atoms with Gasteiger partial charge in [0.25, 0.3) is 0 Å². The van der Waals surface area contributed by atoms with E-state index in [1.807, 2.05) is 12.4 Å². The highest BCUT2D eigenvalue weighted by Gasteiger charge is 2.25. The van der Waals surface area contributed by atoms with Gasteiger partial charge in [-0.15, -0.1) is 0 Å². The molecule has 1 aromatic heterocycles. The molecular weight excluding hydrogens is 250 g/mol. The van der Waals surface area contributed by atoms with Gasteiger partial charge >= 0.3 is 0 Å². The number of hydrogen-bond acceptors (Lipinski definition) is 3. The van der Waals surface area contributed by atoms with Crippen molar-refractivity contribution in [3.8, 4) is 0 Å². The fourth-order valence-corrected chi connectivity index (χ4v) is 3.33. The van der Waals surface area contributed by atoms with Gasteiger partial charge in [0.2, 0.25) is 5.91 Å². The maximum atomic E-state index is 12.3. The van der Waals surface area contributed by atoms with Crippen molar-refractivity contribution in [2.75, 3.05) is 32.7 Å². The van der Waals surface area contributed by atoms with Gasteiger partial charge in [0.15, 0.2) is 0 Å². The van der Waals surface area contributed by atoms with Crippen LogP contribution in [0.1, 0.15) is 37.2 Å². The molecule has 2 fully saturated rings. The predicted molar refractivity (Wildman–Crippen MR) is 78.5 cm³/mol. The van der Waals surface area contributed by atoms with Crippen molar-refractivity contribution in [1.82, 2.24) is 14.8 Å². The zero-order chi connectivity index (χ0) is 13.8. The number of rotatable bonds is 3. The minimum Gasteiger partial charge on any atom is -0.342 e. The summed E-state index contributed by atoms with van der Waals surface area (Å²) in [5, 5.41) is 0. The Morgan fingerprint density at radius 1 is 1.10 bits per heavy atom. The molecular formula is C16H23N3O. The van der Waals surface area contributed by atoms with Crippen LogP contribution in [0.5, 0.6) is 0 Å². The lowest BCUT2D eigenvalue weighted by atomic mass is 9.90. The summed E-state index contributed by atoms with van der Waals surface area (Å²) in [4.78, 5) is 20.7. The van der Waals surface area contributed by atoms with Crippen molar-refractivity contribution >= 4 is 5.91 Å². The molecule has 2 aliphatic heterocycles. The van der Waals surface area contributed by atoms with Gasteiger partial charge in [-0.1, -0.05) is 0 Å². The Morgan fingerprint density at radius 3 is 2.40 bits per heavy atom. The molecule has 0 unspecified atom stereocenters. The average molecular weight is 273 g/mol. The third-order valence-corrected chi connectivity index (χ3v) is 4.58. The van der Waals surface area contributed by atoms with E-state index in [-0.39, 0.29) is 0 Å². The van der Waals surface area contributed by atoms with Crippen LogP contribution >= 0.6 is 0 Å². The zero-order valence-corrected chi connectivity index (χ0v) is 12.0. The second-order valence-corrected chi connectivity index (χ2v) is 5.92. The van der Waals surface area contributed by atoms with Crippen LogP contribution in [0.25, 0.3) is 0 Å². The topological polar surface area (TPSA) is 36.4 Å². The highest BCUT2D eigenvalue weighted by atomic mass is 16.2. The Kier molecular flexibility index (Phi) is 4.31. The first-order chi connectivity index (χ1) is 9.83. The number of carbonyl (C=O) groups is 1. The van der Waals surface area contributed by atoms with Crippen LogP contribution < -0.4 is 0 Å². The van der Waals surface area contributed by atoms with Crippen LogP contribution in [-0.2, 0) is 4.79 Å². The van der Waals surface area contributed by atoms with E-state index in [1.165, 1.54) is 18.4 Å². The summed E-state index contributed by atoms with van der Waals surface area (Å²) in [6, 6.07) is 4.21. The molecule has 4 nitrogen and oxygen atoms in total. The van der Waals surface area contributed by atoms with Crippen LogP contribution in [-0.4, -0.2) is 53.4 Å². The summed E-state index contributed by atoms with van der Waals surface area (Å²) in [6.45, 7) is 4.62. The summed E-state index contributed by atoms with van der Waals surface area (Å²) in [6.07, 6.45) is 8.38. The zero-order valence-electron chi connectivity index (χ0n) is 12.0. The summed E-state index contributed by atoms with van der Waals surface area (Å²) in [5.74, 6) is 0.911. The Labute approximate surface area is 120 Å². The lowest BCUT2D eigenvalue weighted by Gasteiger charge is -2.33. The lowest BCUT2D eigenvalue weighted by molar-refractivity contribution is -0.133. The van der Waals surface area contributed by atoms with Crippen LogP contribution in [0.15, 0.2) is 24.5 Å². The number of aromatic nitrogens is 1. The molecule has 2 aliphatic rings. The Balaban J connectivity index is 1.49. The number of likely N-dealkylation sites (tertiary alicyclic amines) is 2. The molecule has 0 spiro atoms. The Morgan fingerprint density at radius 2 is 1.75 bits per heavy atom. The van der Waals surface area contributed by atoms with Gasteiger partial charge in [0, 0.05) is 25.5 Å². The second-order valence-electron chi connectivity index (χ2n) is 5.92. The Bertz CT molecular complexity index is 434. The highest BCUT2D eigenvalue weighted by molar-refractivity contribution is 5.78. The van der Waals surface area contributed by atoms with Gasteiger partial charge in [-0.3, -0.25) is 14.7 Å². The molecule has 1 aromatic rings. The number of amides is 1. The monoisotopic (exact) mass is 273 g/mol. The van der Waals surface area contributed by atoms with E-state index in [9.17, 15) is 4.79 Å². The molecule has 0 aliphatic carbocycles. The normalized spacial score (nSPS) is 21.3. The largest absolute Gasteiger partial charge is 0.342 e. The van der Waals surface area contributed by atoms with E-state index in [0.29, 0.717) is 18.4 Å². The number of carbonyl (C=O) groups excluding carboxylic acids is 1. The first kappa shape index (κ1) is 13.6. The van der Waals surface area contributed by atoms with Gasteiger partial charge in [0.1, 0.15) is 0 Å². The molecule has 0 N–H and O–H groups in total. The molecule has 0 radical (unpaired) electrons. The molecule has 0 saturated carbocycles. The van der Waals surface area contributed by atoms with E-state index in [1.54, 1.807) is 0 Å². The maximum absolute atomic E-state index is 12.3. The van der Waals surface area contributed by atoms with Crippen LogP contribution in [0.4, 0.5) is 0 Å². The minimum absolute atomic E-state index is 0.320. The minimum atomic E-state index is 0.320. The molecule has 0 atom stereocenters. The number of hydrogen-bond donors (Lipinski definition) is 0. The highest BCUT2D eigenvalue weighted by Crippen LogP contribution is 2.27. The van der Waals surface area contributed by atoms with Crippen LogP contribution in [0.3, 0.4) is 0 Å². The van der Waals surface area contributed by atoms with E-state index in [2.05, 4.69) is 26.9 Å². The molecule has 108 valence electrons. The van der Waals surface area contributed by atoms with Crippen molar-refractivity contribution < 1.29 is 4.79 Å². The predicted octanol–water partition coefficient (Wildman–Crippen LogP) is 1.88. The molecule has 2 saturated heterocycles. The third-order valence-electron chi connectivity index (χ3n) is 4.58. The van der Waals surface area contributed by atoms with Crippen molar-refractivity contribution in [1.29, 1.82) is 0 Å². The fourth-order valence-electron chi connectivity index (χ4n) is 3.33. The van der Waals surface area contributed by atoms with Crippen LogP contribution in [0, 0.1) is 0 Å². The lowest BCUT2D eigenvalue weighted by Crippen LogP contribution is -2.43. The van der Waals surface area contributed by atoms with Crippen molar-refractivity contribution in [3.05, 3.63) is 30.1 Å². The number of nitrogens with zero attached hydrogens (tertiary/aromatic N) is 3. The van der Waals surface area contributed by atoms with E-state index >= 15 is 0 Å². The molecule has 4 heteroatoms. The number of pyridine rings is 1. The van der Waals surface area contributed by atoms with Gasteiger partial charge in [-0.05, 0) is 62.4 Å². The summed E-state index contributed by atoms with van der Waals surface area (Å²) in [7, 11) is 0. The van der Waals surface area contributed by atoms with Gasteiger partial charge in [-0.25, -0.2) is 0 Å². The standard InChI is InChI=1S/C16H23N3O/c20-16(13-18-9-1-2-10-18)19-11-5-15(6-12-19)14-3-7-17-8-4-14/h3-4,7-8,15H,1-2,5-6,9-13H2.